The van der Waals surface area contributed by atoms with E-state index < -0.39 is 6.10 Å². The Morgan fingerprint density at radius 1 is 1.38 bits per heavy atom. The van der Waals surface area contributed by atoms with Gasteiger partial charge in [-0.1, -0.05) is 18.2 Å². The second kappa shape index (κ2) is 5.66. The fourth-order valence-corrected chi connectivity index (χ4v) is 2.13. The van der Waals surface area contributed by atoms with Crippen molar-refractivity contribution in [1.82, 2.24) is 15.5 Å². The van der Waals surface area contributed by atoms with Gasteiger partial charge in [-0.2, -0.15) is 5.10 Å². The fraction of sp³-hybridized carbons (Fsp3) is 0.214. The maximum absolute atomic E-state index is 12.0. The molecule has 1 aliphatic heterocycles. The van der Waals surface area contributed by atoms with Crippen LogP contribution in [0.25, 0.3) is 0 Å². The van der Waals surface area contributed by atoms with E-state index >= 15 is 0 Å². The molecule has 7 heteroatoms. The standard InChI is InChI=1S/C14H14N4O3/c19-13(18-10-6-16-17-7-10)8-15-14(20)12-5-9-3-1-2-4-11(9)21-12/h1-4,6-7,12H,5,8H2,(H,15,20)(H,16,17)(H,18,19)/t12-/m0/s1. The molecule has 0 spiro atoms. The largest absolute Gasteiger partial charge is 0.480 e. The van der Waals surface area contributed by atoms with Crippen molar-refractivity contribution < 1.29 is 14.3 Å². The molecule has 0 saturated heterocycles. The minimum Gasteiger partial charge on any atom is -0.480 e. The molecule has 3 rings (SSSR count). The molecule has 2 aromatic rings. The monoisotopic (exact) mass is 286 g/mol. The molecule has 1 atom stereocenters. The Kier molecular flexibility index (Phi) is 3.55. The highest BCUT2D eigenvalue weighted by atomic mass is 16.5. The van der Waals surface area contributed by atoms with Gasteiger partial charge in [0, 0.05) is 12.6 Å². The third kappa shape index (κ3) is 3.02. The van der Waals surface area contributed by atoms with E-state index in [1.165, 1.54) is 6.20 Å². The number of fused-ring (bicyclic) bond motifs is 1. The van der Waals surface area contributed by atoms with Crippen molar-refractivity contribution in [3.8, 4) is 5.75 Å². The number of H-pyrrole nitrogens is 1. The van der Waals surface area contributed by atoms with Crippen molar-refractivity contribution in [3.05, 3.63) is 42.2 Å². The average molecular weight is 286 g/mol. The Hall–Kier alpha value is -2.83. The van der Waals surface area contributed by atoms with Crippen LogP contribution in [0.4, 0.5) is 5.69 Å². The molecule has 0 radical (unpaired) electrons. The zero-order valence-electron chi connectivity index (χ0n) is 11.1. The van der Waals surface area contributed by atoms with E-state index in [2.05, 4.69) is 20.8 Å². The van der Waals surface area contributed by atoms with Crippen molar-refractivity contribution in [2.45, 2.75) is 12.5 Å². The molecule has 0 bridgehead atoms. The predicted octanol–water partition coefficient (Wildman–Crippen LogP) is 0.468. The number of hydrogen-bond donors (Lipinski definition) is 3. The molecule has 2 heterocycles. The van der Waals surface area contributed by atoms with E-state index in [9.17, 15) is 9.59 Å². The average Bonchev–Trinajstić information content (AvgIpc) is 3.13. The molecule has 7 nitrogen and oxygen atoms in total. The van der Waals surface area contributed by atoms with Gasteiger partial charge in [-0.25, -0.2) is 0 Å². The second-order valence-corrected chi connectivity index (χ2v) is 4.67. The number of aromatic amines is 1. The quantitative estimate of drug-likeness (QED) is 0.761. The summed E-state index contributed by atoms with van der Waals surface area (Å²) in [7, 11) is 0. The van der Waals surface area contributed by atoms with Crippen molar-refractivity contribution in [2.24, 2.45) is 0 Å². The first-order valence-electron chi connectivity index (χ1n) is 6.53. The van der Waals surface area contributed by atoms with Crippen LogP contribution in [0.5, 0.6) is 5.75 Å². The van der Waals surface area contributed by atoms with Gasteiger partial charge in [0.05, 0.1) is 18.4 Å². The predicted molar refractivity (Wildman–Crippen MR) is 74.8 cm³/mol. The summed E-state index contributed by atoms with van der Waals surface area (Å²) in [4.78, 5) is 23.6. The van der Waals surface area contributed by atoms with Gasteiger partial charge in [-0.05, 0) is 11.6 Å². The Balaban J connectivity index is 1.48. The smallest absolute Gasteiger partial charge is 0.261 e. The topological polar surface area (TPSA) is 96.1 Å². The summed E-state index contributed by atoms with van der Waals surface area (Å²) in [5, 5.41) is 11.5. The summed E-state index contributed by atoms with van der Waals surface area (Å²) < 4.78 is 5.55. The number of ether oxygens (including phenoxy) is 1. The lowest BCUT2D eigenvalue weighted by Crippen LogP contribution is -2.41. The second-order valence-electron chi connectivity index (χ2n) is 4.67. The van der Waals surface area contributed by atoms with Crippen LogP contribution in [0.15, 0.2) is 36.7 Å². The Bertz CT molecular complexity index is 629. The van der Waals surface area contributed by atoms with E-state index in [4.69, 9.17) is 4.74 Å². The third-order valence-electron chi connectivity index (χ3n) is 3.14. The number of para-hydroxylation sites is 1. The van der Waals surface area contributed by atoms with Crippen LogP contribution in [0.1, 0.15) is 5.56 Å². The Morgan fingerprint density at radius 2 is 2.24 bits per heavy atom. The third-order valence-corrected chi connectivity index (χ3v) is 3.14. The van der Waals surface area contributed by atoms with Crippen LogP contribution in [0, 0.1) is 0 Å². The van der Waals surface area contributed by atoms with Gasteiger partial charge in [0.15, 0.2) is 6.10 Å². The zero-order chi connectivity index (χ0) is 14.7. The number of benzene rings is 1. The minimum absolute atomic E-state index is 0.111. The highest BCUT2D eigenvalue weighted by molar-refractivity contribution is 5.95. The number of anilines is 1. The lowest BCUT2D eigenvalue weighted by atomic mass is 10.1. The van der Waals surface area contributed by atoms with Gasteiger partial charge in [-0.15, -0.1) is 0 Å². The van der Waals surface area contributed by atoms with E-state index in [1.807, 2.05) is 24.3 Å². The summed E-state index contributed by atoms with van der Waals surface area (Å²) in [6.45, 7) is -0.111. The first-order valence-corrected chi connectivity index (χ1v) is 6.53. The van der Waals surface area contributed by atoms with Crippen LogP contribution in [0.2, 0.25) is 0 Å². The van der Waals surface area contributed by atoms with Crippen LogP contribution >= 0.6 is 0 Å². The van der Waals surface area contributed by atoms with Gasteiger partial charge in [0.25, 0.3) is 5.91 Å². The molecule has 0 unspecified atom stereocenters. The van der Waals surface area contributed by atoms with Crippen LogP contribution in [-0.4, -0.2) is 34.7 Å². The SMILES string of the molecule is O=C(CNC(=O)[C@@H]1Cc2ccccc2O1)Nc1cn[nH]c1. The van der Waals surface area contributed by atoms with Gasteiger partial charge in [-0.3, -0.25) is 14.7 Å². The van der Waals surface area contributed by atoms with Gasteiger partial charge in [0.1, 0.15) is 5.75 Å². The molecular formula is C14H14N4O3. The number of rotatable bonds is 4. The van der Waals surface area contributed by atoms with Crippen LogP contribution in [0.3, 0.4) is 0 Å². The minimum atomic E-state index is -0.580. The molecule has 1 aromatic carbocycles. The summed E-state index contributed by atoms with van der Waals surface area (Å²) in [6, 6.07) is 7.51. The highest BCUT2D eigenvalue weighted by Gasteiger charge is 2.28. The zero-order valence-corrected chi connectivity index (χ0v) is 11.1. The fourth-order valence-electron chi connectivity index (χ4n) is 2.13. The lowest BCUT2D eigenvalue weighted by molar-refractivity contribution is -0.129. The summed E-state index contributed by atoms with van der Waals surface area (Å²) in [6.07, 6.45) is 2.97. The molecule has 2 amide bonds. The summed E-state index contributed by atoms with van der Waals surface area (Å²) in [5.41, 5.74) is 1.55. The molecular weight excluding hydrogens is 272 g/mol. The number of hydrogen-bond acceptors (Lipinski definition) is 4. The van der Waals surface area contributed by atoms with Gasteiger partial charge in [0.2, 0.25) is 5.91 Å². The van der Waals surface area contributed by atoms with E-state index in [-0.39, 0.29) is 18.4 Å². The van der Waals surface area contributed by atoms with E-state index in [0.29, 0.717) is 12.1 Å². The van der Waals surface area contributed by atoms with Crippen molar-refractivity contribution in [1.29, 1.82) is 0 Å². The molecule has 3 N–H and O–H groups in total. The number of aromatic nitrogens is 2. The van der Waals surface area contributed by atoms with E-state index in [1.54, 1.807) is 6.20 Å². The summed E-state index contributed by atoms with van der Waals surface area (Å²) >= 11 is 0. The van der Waals surface area contributed by atoms with Crippen LogP contribution in [-0.2, 0) is 16.0 Å². The van der Waals surface area contributed by atoms with Crippen molar-refractivity contribution >= 4 is 17.5 Å². The van der Waals surface area contributed by atoms with Crippen LogP contribution < -0.4 is 15.4 Å². The highest BCUT2D eigenvalue weighted by Crippen LogP contribution is 2.27. The summed E-state index contributed by atoms with van der Waals surface area (Å²) in [5.74, 6) is 0.106. The normalized spacial score (nSPS) is 15.9. The molecule has 0 aliphatic carbocycles. The molecule has 0 saturated carbocycles. The molecule has 21 heavy (non-hydrogen) atoms. The number of amides is 2. The van der Waals surface area contributed by atoms with Gasteiger partial charge >= 0.3 is 0 Å². The number of nitrogens with zero attached hydrogens (tertiary/aromatic N) is 1. The Morgan fingerprint density at radius 3 is 3.00 bits per heavy atom. The Labute approximate surface area is 120 Å². The molecule has 1 aliphatic rings. The van der Waals surface area contributed by atoms with Gasteiger partial charge < -0.3 is 15.4 Å². The number of carbonyl (C=O) groups excluding carboxylic acids is 2. The first kappa shape index (κ1) is 13.2. The van der Waals surface area contributed by atoms with Crippen molar-refractivity contribution in [2.75, 3.05) is 11.9 Å². The first-order chi connectivity index (χ1) is 10.2. The molecule has 0 fully saturated rings. The van der Waals surface area contributed by atoms with Crippen molar-refractivity contribution in [3.63, 3.8) is 0 Å². The number of carbonyl (C=O) groups is 2. The van der Waals surface area contributed by atoms with E-state index in [0.717, 1.165) is 11.3 Å². The lowest BCUT2D eigenvalue weighted by Gasteiger charge is -2.11. The number of nitrogens with one attached hydrogen (secondary N) is 3. The maximum Gasteiger partial charge on any atom is 0.261 e. The molecule has 1 aromatic heterocycles. The maximum atomic E-state index is 12.0. The molecule has 108 valence electrons.